The first kappa shape index (κ1) is 14.0. The summed E-state index contributed by atoms with van der Waals surface area (Å²) in [6.45, 7) is 5.82. The molecule has 0 aliphatic heterocycles. The van der Waals surface area contributed by atoms with Crippen LogP contribution in [0, 0.1) is 5.92 Å². The topological polar surface area (TPSA) is 34.1 Å². The van der Waals surface area contributed by atoms with Crippen molar-refractivity contribution in [2.45, 2.75) is 32.1 Å². The van der Waals surface area contributed by atoms with Crippen LogP contribution in [0.25, 0.3) is 0 Å². The average molecular weight is 252 g/mol. The maximum absolute atomic E-state index is 11.6. The second-order valence-corrected chi connectivity index (χ2v) is 6.53. The van der Waals surface area contributed by atoms with E-state index in [-0.39, 0.29) is 5.75 Å². The average Bonchev–Trinajstić information content (AvgIpc) is 2.30. The molecule has 0 amide bonds. The molecule has 0 N–H and O–H groups in total. The summed E-state index contributed by atoms with van der Waals surface area (Å²) in [5.74, 6) is 0.634. The summed E-state index contributed by atoms with van der Waals surface area (Å²) >= 11 is 0. The molecule has 0 heterocycles. The monoisotopic (exact) mass is 252 g/mol. The summed E-state index contributed by atoms with van der Waals surface area (Å²) < 4.78 is 23.3. The molecule has 17 heavy (non-hydrogen) atoms. The van der Waals surface area contributed by atoms with Crippen molar-refractivity contribution in [1.82, 2.24) is 0 Å². The molecule has 0 aromatic heterocycles. The van der Waals surface area contributed by atoms with Gasteiger partial charge in [-0.1, -0.05) is 38.1 Å². The lowest BCUT2D eigenvalue weighted by molar-refractivity contribution is 0.597. The molecule has 0 aliphatic rings. The third-order valence-electron chi connectivity index (χ3n) is 2.74. The summed E-state index contributed by atoms with van der Waals surface area (Å²) in [6, 6.07) is 7.22. The van der Waals surface area contributed by atoms with E-state index < -0.39 is 9.84 Å². The van der Waals surface area contributed by atoms with Gasteiger partial charge in [0.25, 0.3) is 0 Å². The Labute approximate surface area is 104 Å². The summed E-state index contributed by atoms with van der Waals surface area (Å²) in [4.78, 5) is 0.419. The lowest BCUT2D eigenvalue weighted by Gasteiger charge is -2.07. The van der Waals surface area contributed by atoms with E-state index in [2.05, 4.69) is 13.0 Å². The summed E-state index contributed by atoms with van der Waals surface area (Å²) in [7, 11) is -3.07. The highest BCUT2D eigenvalue weighted by Crippen LogP contribution is 2.15. The fraction of sp³-hybridized carbons (Fsp3) is 0.429. The van der Waals surface area contributed by atoms with E-state index in [4.69, 9.17) is 0 Å². The van der Waals surface area contributed by atoms with Gasteiger partial charge in [0.2, 0.25) is 0 Å². The van der Waals surface area contributed by atoms with Crippen molar-refractivity contribution < 1.29 is 8.42 Å². The highest BCUT2D eigenvalue weighted by atomic mass is 32.2. The minimum Gasteiger partial charge on any atom is -0.224 e. The normalized spacial score (nSPS) is 14.1. The molecule has 1 atom stereocenters. The zero-order valence-corrected chi connectivity index (χ0v) is 11.5. The zero-order chi connectivity index (χ0) is 12.9. The molecule has 0 aliphatic carbocycles. The van der Waals surface area contributed by atoms with Gasteiger partial charge >= 0.3 is 0 Å². The van der Waals surface area contributed by atoms with Gasteiger partial charge < -0.3 is 0 Å². The zero-order valence-electron chi connectivity index (χ0n) is 10.7. The van der Waals surface area contributed by atoms with Crippen LogP contribution >= 0.6 is 0 Å². The van der Waals surface area contributed by atoms with Crippen molar-refractivity contribution in [2.24, 2.45) is 5.92 Å². The number of hydrogen-bond acceptors (Lipinski definition) is 2. The molecular formula is C14H20O2S. The highest BCUT2D eigenvalue weighted by molar-refractivity contribution is 7.91. The predicted molar refractivity (Wildman–Crippen MR) is 71.9 cm³/mol. The largest absolute Gasteiger partial charge is 0.224 e. The van der Waals surface area contributed by atoms with Crippen LogP contribution in [0.1, 0.15) is 26.3 Å². The quantitative estimate of drug-likeness (QED) is 0.754. The summed E-state index contributed by atoms with van der Waals surface area (Å²) in [5.41, 5.74) is 1.17. The molecule has 2 nitrogen and oxygen atoms in total. The minimum atomic E-state index is -3.07. The second-order valence-electron chi connectivity index (χ2n) is 4.25. The Kier molecular flexibility index (Phi) is 4.94. The molecule has 94 valence electrons. The second kappa shape index (κ2) is 6.01. The fourth-order valence-electron chi connectivity index (χ4n) is 1.77. The first-order valence-corrected chi connectivity index (χ1v) is 7.59. The van der Waals surface area contributed by atoms with Crippen molar-refractivity contribution in [2.75, 3.05) is 5.75 Å². The van der Waals surface area contributed by atoms with Gasteiger partial charge in [-0.3, -0.25) is 0 Å². The van der Waals surface area contributed by atoms with Crippen LogP contribution in [-0.2, 0) is 16.3 Å². The molecule has 1 rings (SSSR count). The van der Waals surface area contributed by atoms with Gasteiger partial charge in [0.1, 0.15) is 0 Å². The molecular weight excluding hydrogens is 232 g/mol. The van der Waals surface area contributed by atoms with Crippen LogP contribution in [0.2, 0.25) is 0 Å². The Morgan fingerprint density at radius 1 is 1.24 bits per heavy atom. The Bertz CT molecular complexity index is 469. The third kappa shape index (κ3) is 4.00. The lowest BCUT2D eigenvalue weighted by Crippen LogP contribution is -2.04. The highest BCUT2D eigenvalue weighted by Gasteiger charge is 2.10. The first-order valence-electron chi connectivity index (χ1n) is 5.94. The molecule has 1 unspecified atom stereocenters. The van der Waals surface area contributed by atoms with Crippen LogP contribution < -0.4 is 0 Å². The van der Waals surface area contributed by atoms with Crippen molar-refractivity contribution in [3.05, 3.63) is 42.0 Å². The van der Waals surface area contributed by atoms with E-state index in [9.17, 15) is 8.42 Å². The van der Waals surface area contributed by atoms with Crippen molar-refractivity contribution in [3.8, 4) is 0 Å². The Balaban J connectivity index is 2.82. The molecule has 1 aromatic rings. The maximum Gasteiger partial charge on any atom is 0.178 e. The molecule has 1 aromatic carbocycles. The third-order valence-corrected chi connectivity index (χ3v) is 4.49. The van der Waals surface area contributed by atoms with Gasteiger partial charge in [-0.25, -0.2) is 8.42 Å². The number of benzene rings is 1. The fourth-order valence-corrected chi connectivity index (χ4v) is 2.65. The van der Waals surface area contributed by atoms with Crippen molar-refractivity contribution >= 4 is 9.84 Å². The number of rotatable bonds is 5. The van der Waals surface area contributed by atoms with Gasteiger partial charge in [-0.15, -0.1) is 0 Å². The number of sulfone groups is 1. The van der Waals surface area contributed by atoms with Gasteiger partial charge in [0, 0.05) is 0 Å². The van der Waals surface area contributed by atoms with Gasteiger partial charge in [-0.2, -0.15) is 0 Å². The number of allylic oxidation sites excluding steroid dienone is 2. The standard InChI is InChI=1S/C14H20O2S/c1-4-6-12(3)11-13-7-9-14(10-8-13)17(15,16)5-2/h4,6-10,12H,5,11H2,1-3H3/b6-4-. The first-order chi connectivity index (χ1) is 7.99. The van der Waals surface area contributed by atoms with Crippen LogP contribution in [0.5, 0.6) is 0 Å². The van der Waals surface area contributed by atoms with Crippen LogP contribution in [0.15, 0.2) is 41.3 Å². The number of hydrogen-bond donors (Lipinski definition) is 0. The van der Waals surface area contributed by atoms with Crippen LogP contribution in [0.4, 0.5) is 0 Å². The van der Waals surface area contributed by atoms with E-state index in [0.717, 1.165) is 6.42 Å². The van der Waals surface area contributed by atoms with E-state index in [1.54, 1.807) is 19.1 Å². The lowest BCUT2D eigenvalue weighted by atomic mass is 10.0. The molecule has 0 spiro atoms. The Morgan fingerprint density at radius 3 is 2.29 bits per heavy atom. The van der Waals surface area contributed by atoms with Crippen LogP contribution in [-0.4, -0.2) is 14.2 Å². The van der Waals surface area contributed by atoms with E-state index >= 15 is 0 Å². The predicted octanol–water partition coefficient (Wildman–Crippen LogP) is 3.23. The van der Waals surface area contributed by atoms with Crippen molar-refractivity contribution in [1.29, 1.82) is 0 Å². The molecule has 0 fully saturated rings. The van der Waals surface area contributed by atoms with Crippen molar-refractivity contribution in [3.63, 3.8) is 0 Å². The smallest absolute Gasteiger partial charge is 0.178 e. The maximum atomic E-state index is 11.6. The molecule has 3 heteroatoms. The van der Waals surface area contributed by atoms with E-state index in [0.29, 0.717) is 10.8 Å². The van der Waals surface area contributed by atoms with Crippen LogP contribution in [0.3, 0.4) is 0 Å². The van der Waals surface area contributed by atoms with E-state index in [1.807, 2.05) is 25.1 Å². The van der Waals surface area contributed by atoms with E-state index in [1.165, 1.54) is 5.56 Å². The molecule has 0 bridgehead atoms. The Morgan fingerprint density at radius 2 is 1.82 bits per heavy atom. The summed E-state index contributed by atoms with van der Waals surface area (Å²) in [5, 5.41) is 0. The van der Waals surface area contributed by atoms with Gasteiger partial charge in [0.15, 0.2) is 9.84 Å². The molecule has 0 saturated carbocycles. The molecule has 0 saturated heterocycles. The van der Waals surface area contributed by atoms with Gasteiger partial charge in [0.05, 0.1) is 10.6 Å². The summed E-state index contributed by atoms with van der Waals surface area (Å²) in [6.07, 6.45) is 5.13. The van der Waals surface area contributed by atoms with Gasteiger partial charge in [-0.05, 0) is 37.0 Å². The SMILES string of the molecule is C/C=C\C(C)Cc1ccc(S(=O)(=O)CC)cc1. The minimum absolute atomic E-state index is 0.154. The Hall–Kier alpha value is -1.09. The molecule has 0 radical (unpaired) electrons.